The lowest BCUT2D eigenvalue weighted by atomic mass is 9.90. The molecule has 3 amide bonds. The highest BCUT2D eigenvalue weighted by Crippen LogP contribution is 2.30. The number of anilines is 2. The second-order valence-corrected chi connectivity index (χ2v) is 6.89. The van der Waals surface area contributed by atoms with Crippen molar-refractivity contribution in [2.75, 3.05) is 23.8 Å². The summed E-state index contributed by atoms with van der Waals surface area (Å²) in [5.41, 5.74) is 1.11. The molecular weight excluding hydrogens is 342 g/mol. The summed E-state index contributed by atoms with van der Waals surface area (Å²) in [5, 5.41) is 6.11. The van der Waals surface area contributed by atoms with Crippen molar-refractivity contribution in [3.63, 3.8) is 0 Å². The van der Waals surface area contributed by atoms with Crippen LogP contribution in [0.15, 0.2) is 18.2 Å². The highest BCUT2D eigenvalue weighted by molar-refractivity contribution is 6.33. The zero-order valence-electron chi connectivity index (χ0n) is 14.4. The van der Waals surface area contributed by atoms with Crippen LogP contribution in [0.3, 0.4) is 0 Å². The number of carbonyl (C=O) groups is 2. The number of nitrogens with zero attached hydrogens (tertiary/aromatic N) is 1. The van der Waals surface area contributed by atoms with Crippen LogP contribution in [0.25, 0.3) is 0 Å². The Morgan fingerprint density at radius 3 is 2.88 bits per heavy atom. The standard InChI is InChI=1S/C18H24ClN3O3/c1-2-17(23)20-12-7-8-13(19)14(11-12)21-18(24)22-9-10-25-16-6-4-3-5-15(16)22/h7-8,11,15-16H,2-6,9-10H2,1H3,(H,20,23)(H,21,24)/t15-,16-/m0/s1. The number of hydrogen-bond acceptors (Lipinski definition) is 3. The number of hydrogen-bond donors (Lipinski definition) is 2. The Hall–Kier alpha value is -1.79. The molecule has 0 unspecified atom stereocenters. The summed E-state index contributed by atoms with van der Waals surface area (Å²) in [6.45, 7) is 2.93. The quantitative estimate of drug-likeness (QED) is 0.854. The number of rotatable bonds is 3. The van der Waals surface area contributed by atoms with Gasteiger partial charge in [-0.15, -0.1) is 0 Å². The maximum absolute atomic E-state index is 12.8. The minimum absolute atomic E-state index is 0.0853. The van der Waals surface area contributed by atoms with Crippen molar-refractivity contribution in [1.29, 1.82) is 0 Å². The van der Waals surface area contributed by atoms with Gasteiger partial charge in [-0.05, 0) is 31.0 Å². The third-order valence-electron chi connectivity index (χ3n) is 4.81. The molecule has 0 aromatic heterocycles. The molecule has 136 valence electrons. The van der Waals surface area contributed by atoms with Gasteiger partial charge in [0.05, 0.1) is 29.5 Å². The van der Waals surface area contributed by atoms with Gasteiger partial charge in [0.15, 0.2) is 0 Å². The molecule has 3 rings (SSSR count). The van der Waals surface area contributed by atoms with E-state index in [-0.39, 0.29) is 24.1 Å². The summed E-state index contributed by atoms with van der Waals surface area (Å²) in [5.74, 6) is -0.0853. The van der Waals surface area contributed by atoms with Gasteiger partial charge in [-0.25, -0.2) is 4.79 Å². The molecule has 1 saturated heterocycles. The monoisotopic (exact) mass is 365 g/mol. The Labute approximate surface area is 152 Å². The van der Waals surface area contributed by atoms with Crippen molar-refractivity contribution in [2.45, 2.75) is 51.2 Å². The second kappa shape index (κ2) is 8.06. The summed E-state index contributed by atoms with van der Waals surface area (Å²) < 4.78 is 5.82. The van der Waals surface area contributed by atoms with Crippen LogP contribution in [-0.4, -0.2) is 42.1 Å². The van der Waals surface area contributed by atoms with E-state index in [0.29, 0.717) is 36.0 Å². The number of urea groups is 1. The zero-order chi connectivity index (χ0) is 17.8. The van der Waals surface area contributed by atoms with Crippen LogP contribution >= 0.6 is 11.6 Å². The summed E-state index contributed by atoms with van der Waals surface area (Å²) in [4.78, 5) is 26.2. The first-order chi connectivity index (χ1) is 12.1. The van der Waals surface area contributed by atoms with Gasteiger partial charge in [-0.1, -0.05) is 31.4 Å². The lowest BCUT2D eigenvalue weighted by molar-refractivity contribution is -0.115. The third-order valence-corrected chi connectivity index (χ3v) is 5.14. The Morgan fingerprint density at radius 2 is 2.08 bits per heavy atom. The Morgan fingerprint density at radius 1 is 1.28 bits per heavy atom. The maximum Gasteiger partial charge on any atom is 0.322 e. The first kappa shape index (κ1) is 18.0. The fraction of sp³-hybridized carbons (Fsp3) is 0.556. The average molecular weight is 366 g/mol. The van der Waals surface area contributed by atoms with Crippen LogP contribution in [-0.2, 0) is 9.53 Å². The van der Waals surface area contributed by atoms with E-state index in [2.05, 4.69) is 10.6 Å². The highest BCUT2D eigenvalue weighted by Gasteiger charge is 2.36. The van der Waals surface area contributed by atoms with Gasteiger partial charge in [-0.2, -0.15) is 0 Å². The number of halogens is 1. The molecule has 0 radical (unpaired) electrons. The molecule has 25 heavy (non-hydrogen) atoms. The predicted molar refractivity (Wildman–Crippen MR) is 98.1 cm³/mol. The maximum atomic E-state index is 12.8. The molecule has 1 aromatic carbocycles. The van der Waals surface area contributed by atoms with E-state index in [1.54, 1.807) is 25.1 Å². The smallest absolute Gasteiger partial charge is 0.322 e. The van der Waals surface area contributed by atoms with E-state index in [0.717, 1.165) is 25.7 Å². The number of benzene rings is 1. The molecule has 2 N–H and O–H groups in total. The number of fused-ring (bicyclic) bond motifs is 1. The summed E-state index contributed by atoms with van der Waals surface area (Å²) in [6, 6.07) is 5.04. The SMILES string of the molecule is CCC(=O)Nc1ccc(Cl)c(NC(=O)N2CCO[C@H]3CCCC[C@@H]32)c1. The number of amides is 3. The normalized spacial score (nSPS) is 22.9. The predicted octanol–water partition coefficient (Wildman–Crippen LogP) is 3.86. The molecule has 2 aliphatic rings. The minimum Gasteiger partial charge on any atom is -0.374 e. The topological polar surface area (TPSA) is 70.7 Å². The summed E-state index contributed by atoms with van der Waals surface area (Å²) >= 11 is 6.22. The van der Waals surface area contributed by atoms with Gasteiger partial charge in [0.2, 0.25) is 5.91 Å². The molecule has 2 atom stereocenters. The van der Waals surface area contributed by atoms with Crippen LogP contribution in [0.4, 0.5) is 16.2 Å². The van der Waals surface area contributed by atoms with Gasteiger partial charge in [0, 0.05) is 18.7 Å². The second-order valence-electron chi connectivity index (χ2n) is 6.48. The van der Waals surface area contributed by atoms with E-state index in [4.69, 9.17) is 16.3 Å². The molecule has 1 aromatic rings. The fourth-order valence-corrected chi connectivity index (χ4v) is 3.65. The van der Waals surface area contributed by atoms with Crippen molar-refractivity contribution < 1.29 is 14.3 Å². The van der Waals surface area contributed by atoms with Gasteiger partial charge in [0.1, 0.15) is 0 Å². The van der Waals surface area contributed by atoms with Gasteiger partial charge >= 0.3 is 6.03 Å². The van der Waals surface area contributed by atoms with Crippen molar-refractivity contribution in [3.8, 4) is 0 Å². The number of nitrogens with one attached hydrogen (secondary N) is 2. The van der Waals surface area contributed by atoms with E-state index in [1.807, 2.05) is 4.90 Å². The van der Waals surface area contributed by atoms with Gasteiger partial charge in [-0.3, -0.25) is 4.79 Å². The largest absolute Gasteiger partial charge is 0.374 e. The number of ether oxygens (including phenoxy) is 1. The molecule has 0 spiro atoms. The molecule has 6 nitrogen and oxygen atoms in total. The van der Waals surface area contributed by atoms with Crippen molar-refractivity contribution >= 4 is 34.9 Å². The van der Waals surface area contributed by atoms with Crippen LogP contribution < -0.4 is 10.6 Å². The fourth-order valence-electron chi connectivity index (χ4n) is 3.48. The van der Waals surface area contributed by atoms with Crippen LogP contribution in [0.1, 0.15) is 39.0 Å². The molecule has 1 aliphatic heterocycles. The molecule has 0 bridgehead atoms. The molecule has 2 fully saturated rings. The third kappa shape index (κ3) is 4.25. The Bertz CT molecular complexity index is 650. The first-order valence-electron chi connectivity index (χ1n) is 8.87. The minimum atomic E-state index is -0.166. The van der Waals surface area contributed by atoms with Crippen LogP contribution in [0, 0.1) is 0 Å². The summed E-state index contributed by atoms with van der Waals surface area (Å²) in [6.07, 6.45) is 4.78. The lowest BCUT2D eigenvalue weighted by Crippen LogP contribution is -2.56. The van der Waals surface area contributed by atoms with E-state index in [9.17, 15) is 9.59 Å². The zero-order valence-corrected chi connectivity index (χ0v) is 15.1. The van der Waals surface area contributed by atoms with Crippen LogP contribution in [0.2, 0.25) is 5.02 Å². The van der Waals surface area contributed by atoms with Crippen molar-refractivity contribution in [3.05, 3.63) is 23.2 Å². The number of carbonyl (C=O) groups excluding carboxylic acids is 2. The summed E-state index contributed by atoms with van der Waals surface area (Å²) in [7, 11) is 0. The van der Waals surface area contributed by atoms with Gasteiger partial charge < -0.3 is 20.3 Å². The molecular formula is C18H24ClN3O3. The molecule has 1 aliphatic carbocycles. The van der Waals surface area contributed by atoms with E-state index >= 15 is 0 Å². The van der Waals surface area contributed by atoms with Crippen molar-refractivity contribution in [2.24, 2.45) is 0 Å². The van der Waals surface area contributed by atoms with E-state index in [1.165, 1.54) is 0 Å². The van der Waals surface area contributed by atoms with Crippen LogP contribution in [0.5, 0.6) is 0 Å². The van der Waals surface area contributed by atoms with E-state index < -0.39 is 0 Å². The molecule has 7 heteroatoms. The highest BCUT2D eigenvalue weighted by atomic mass is 35.5. The van der Waals surface area contributed by atoms with Crippen molar-refractivity contribution in [1.82, 2.24) is 4.90 Å². The van der Waals surface area contributed by atoms with Gasteiger partial charge in [0.25, 0.3) is 0 Å². The average Bonchev–Trinajstić information content (AvgIpc) is 2.63. The molecule has 1 saturated carbocycles. The molecule has 1 heterocycles. The number of morpholine rings is 1. The lowest BCUT2D eigenvalue weighted by Gasteiger charge is -2.43. The Balaban J connectivity index is 1.71. The first-order valence-corrected chi connectivity index (χ1v) is 9.25. The Kier molecular flexibility index (Phi) is 5.81.